The number of carbonyl (C=O) groups excluding carboxylic acids is 1. The molecule has 0 saturated heterocycles. The number of phenols is 1. The summed E-state index contributed by atoms with van der Waals surface area (Å²) in [5.74, 6) is 0.0397. The van der Waals surface area contributed by atoms with E-state index < -0.39 is 12.2 Å². The molecule has 0 aromatic heterocycles. The molecule has 0 bridgehead atoms. The van der Waals surface area contributed by atoms with Gasteiger partial charge in [-0.25, -0.2) is 0 Å². The number of hydrogen-bond donors (Lipinski definition) is 3. The highest BCUT2D eigenvalue weighted by molar-refractivity contribution is 5.72. The van der Waals surface area contributed by atoms with Crippen LogP contribution in [0.4, 0.5) is 0 Å². The molecule has 2 atom stereocenters. The second-order valence-electron chi connectivity index (χ2n) is 6.68. The van der Waals surface area contributed by atoms with Crippen molar-refractivity contribution < 1.29 is 29.6 Å². The predicted molar refractivity (Wildman–Crippen MR) is 98.7 cm³/mol. The molecule has 0 fully saturated rings. The lowest BCUT2D eigenvalue weighted by Crippen LogP contribution is -2.34. The van der Waals surface area contributed by atoms with Crippen molar-refractivity contribution in [1.29, 1.82) is 0 Å². The van der Waals surface area contributed by atoms with Crippen LogP contribution in [0.3, 0.4) is 0 Å². The minimum atomic E-state index is -0.886. The molecule has 6 nitrogen and oxygen atoms in total. The molecule has 2 unspecified atom stereocenters. The van der Waals surface area contributed by atoms with Crippen molar-refractivity contribution in [1.82, 2.24) is 0 Å². The number of carbonyl (C=O) groups is 1. The van der Waals surface area contributed by atoms with E-state index in [0.29, 0.717) is 24.2 Å². The quantitative estimate of drug-likeness (QED) is 0.506. The first kappa shape index (κ1) is 19.2. The van der Waals surface area contributed by atoms with E-state index in [-0.39, 0.29) is 37.8 Å². The smallest absolute Gasteiger partial charge is 0.310 e. The highest BCUT2D eigenvalue weighted by atomic mass is 16.5. The van der Waals surface area contributed by atoms with Gasteiger partial charge in [-0.2, -0.15) is 0 Å². The molecule has 2 aromatic carbocycles. The van der Waals surface area contributed by atoms with E-state index in [0.717, 1.165) is 11.1 Å². The van der Waals surface area contributed by atoms with Crippen LogP contribution >= 0.6 is 0 Å². The van der Waals surface area contributed by atoms with Crippen LogP contribution < -0.4 is 4.74 Å². The molecular weight excluding hydrogens is 348 g/mol. The zero-order valence-corrected chi connectivity index (χ0v) is 15.0. The lowest BCUT2D eigenvalue weighted by molar-refractivity contribution is -0.143. The normalized spacial score (nSPS) is 18.6. The summed E-state index contributed by atoms with van der Waals surface area (Å²) in [4.78, 5) is 11.8. The molecular formula is C21H24O6. The van der Waals surface area contributed by atoms with Crippen LogP contribution in [0.2, 0.25) is 0 Å². The van der Waals surface area contributed by atoms with E-state index in [2.05, 4.69) is 0 Å². The fourth-order valence-corrected chi connectivity index (χ4v) is 3.14. The van der Waals surface area contributed by atoms with E-state index >= 15 is 0 Å². The van der Waals surface area contributed by atoms with Gasteiger partial charge in [0.1, 0.15) is 0 Å². The molecule has 0 heterocycles. The minimum Gasteiger partial charge on any atom is -0.504 e. The Kier molecular flexibility index (Phi) is 6.32. The number of benzene rings is 2. The van der Waals surface area contributed by atoms with Gasteiger partial charge >= 0.3 is 5.97 Å². The molecule has 1 aliphatic rings. The highest BCUT2D eigenvalue weighted by Gasteiger charge is 2.28. The van der Waals surface area contributed by atoms with Crippen LogP contribution in [-0.2, 0) is 28.8 Å². The molecule has 0 saturated carbocycles. The summed E-state index contributed by atoms with van der Waals surface area (Å²) < 4.78 is 10.8. The fourth-order valence-electron chi connectivity index (χ4n) is 3.14. The summed E-state index contributed by atoms with van der Waals surface area (Å²) >= 11 is 0. The molecule has 3 rings (SSSR count). The number of aliphatic hydroxyl groups excluding tert-OH is 2. The van der Waals surface area contributed by atoms with E-state index in [1.54, 1.807) is 12.1 Å². The minimum absolute atomic E-state index is 0.000442. The summed E-state index contributed by atoms with van der Waals surface area (Å²) in [6, 6.07) is 12.8. The maximum absolute atomic E-state index is 11.8. The Morgan fingerprint density at radius 1 is 1.00 bits per heavy atom. The average Bonchev–Trinajstić information content (AvgIpc) is 2.66. The third kappa shape index (κ3) is 4.99. The average molecular weight is 372 g/mol. The van der Waals surface area contributed by atoms with Crippen LogP contribution in [-0.4, -0.2) is 46.7 Å². The SMILES string of the molecule is O=C(Cc1ccccc1)OCCCOc1ccc2c(c1O)CC(O)C(O)C2. The molecule has 0 radical (unpaired) electrons. The van der Waals surface area contributed by atoms with Gasteiger partial charge in [-0.1, -0.05) is 36.4 Å². The molecule has 2 aromatic rings. The Morgan fingerprint density at radius 2 is 1.74 bits per heavy atom. The number of ether oxygens (including phenoxy) is 2. The lowest BCUT2D eigenvalue weighted by Gasteiger charge is -2.27. The van der Waals surface area contributed by atoms with Crippen molar-refractivity contribution >= 4 is 5.97 Å². The van der Waals surface area contributed by atoms with Gasteiger partial charge in [0.2, 0.25) is 0 Å². The Labute approximate surface area is 158 Å². The van der Waals surface area contributed by atoms with Crippen molar-refractivity contribution in [2.24, 2.45) is 0 Å². The van der Waals surface area contributed by atoms with Gasteiger partial charge in [-0.3, -0.25) is 4.79 Å². The van der Waals surface area contributed by atoms with E-state index in [9.17, 15) is 20.1 Å². The number of aliphatic hydroxyl groups is 2. The summed E-state index contributed by atoms with van der Waals surface area (Å²) in [6.45, 7) is 0.526. The monoisotopic (exact) mass is 372 g/mol. The molecule has 6 heteroatoms. The summed E-state index contributed by atoms with van der Waals surface area (Å²) in [6.07, 6.45) is -0.463. The fraction of sp³-hybridized carbons (Fsp3) is 0.381. The number of fused-ring (bicyclic) bond motifs is 1. The Balaban J connectivity index is 1.43. The number of rotatable bonds is 7. The third-order valence-corrected chi connectivity index (χ3v) is 4.63. The molecule has 144 valence electrons. The zero-order chi connectivity index (χ0) is 19.2. The molecule has 3 N–H and O–H groups in total. The molecule has 0 aliphatic heterocycles. The van der Waals surface area contributed by atoms with Crippen molar-refractivity contribution in [2.45, 2.75) is 37.9 Å². The zero-order valence-electron chi connectivity index (χ0n) is 15.0. The van der Waals surface area contributed by atoms with Gasteiger partial charge in [0.25, 0.3) is 0 Å². The highest BCUT2D eigenvalue weighted by Crippen LogP contribution is 2.36. The van der Waals surface area contributed by atoms with Crippen LogP contribution in [0, 0.1) is 0 Å². The van der Waals surface area contributed by atoms with Gasteiger partial charge in [0.05, 0.1) is 31.8 Å². The number of phenolic OH excluding ortho intramolecular Hbond substituents is 1. The van der Waals surface area contributed by atoms with Gasteiger partial charge in [-0.05, 0) is 17.2 Å². The summed E-state index contributed by atoms with van der Waals surface area (Å²) in [5, 5.41) is 29.9. The van der Waals surface area contributed by atoms with Crippen LogP contribution in [0.25, 0.3) is 0 Å². The van der Waals surface area contributed by atoms with Gasteiger partial charge in [-0.15, -0.1) is 0 Å². The maximum Gasteiger partial charge on any atom is 0.310 e. The topological polar surface area (TPSA) is 96.2 Å². The van der Waals surface area contributed by atoms with E-state index in [1.807, 2.05) is 30.3 Å². The standard InChI is InChI=1S/C21H24O6/c22-17-12-15-7-8-19(21(25)16(15)13-18(17)23)26-9-4-10-27-20(24)11-14-5-2-1-3-6-14/h1-3,5-8,17-18,22-23,25H,4,9-13H2. The first-order chi connectivity index (χ1) is 13.0. The first-order valence-corrected chi connectivity index (χ1v) is 9.07. The van der Waals surface area contributed by atoms with E-state index in [1.165, 1.54) is 0 Å². The van der Waals surface area contributed by atoms with Crippen LogP contribution in [0.15, 0.2) is 42.5 Å². The third-order valence-electron chi connectivity index (χ3n) is 4.63. The molecule has 0 spiro atoms. The van der Waals surface area contributed by atoms with E-state index in [4.69, 9.17) is 9.47 Å². The lowest BCUT2D eigenvalue weighted by atomic mass is 9.87. The van der Waals surface area contributed by atoms with Gasteiger partial charge in [0.15, 0.2) is 11.5 Å². The number of esters is 1. The van der Waals surface area contributed by atoms with Crippen LogP contribution in [0.1, 0.15) is 23.1 Å². The largest absolute Gasteiger partial charge is 0.504 e. The summed E-state index contributed by atoms with van der Waals surface area (Å²) in [7, 11) is 0. The van der Waals surface area contributed by atoms with Crippen molar-refractivity contribution in [3.8, 4) is 11.5 Å². The molecule has 1 aliphatic carbocycles. The first-order valence-electron chi connectivity index (χ1n) is 9.07. The van der Waals surface area contributed by atoms with Gasteiger partial charge < -0.3 is 24.8 Å². The Bertz CT molecular complexity index is 774. The summed E-state index contributed by atoms with van der Waals surface area (Å²) in [5.41, 5.74) is 2.33. The Morgan fingerprint density at radius 3 is 2.52 bits per heavy atom. The number of hydrogen-bond acceptors (Lipinski definition) is 6. The molecule has 0 amide bonds. The molecule has 27 heavy (non-hydrogen) atoms. The second-order valence-corrected chi connectivity index (χ2v) is 6.68. The maximum atomic E-state index is 11.8. The predicted octanol–water partition coefficient (Wildman–Crippen LogP) is 1.77. The van der Waals surface area contributed by atoms with Crippen molar-refractivity contribution in [2.75, 3.05) is 13.2 Å². The second kappa shape index (κ2) is 8.88. The number of aromatic hydroxyl groups is 1. The van der Waals surface area contributed by atoms with Gasteiger partial charge in [0, 0.05) is 24.8 Å². The van der Waals surface area contributed by atoms with Crippen molar-refractivity contribution in [3.05, 3.63) is 59.2 Å². The Hall–Kier alpha value is -2.57. The van der Waals surface area contributed by atoms with Crippen LogP contribution in [0.5, 0.6) is 11.5 Å². The van der Waals surface area contributed by atoms with Crippen molar-refractivity contribution in [3.63, 3.8) is 0 Å².